The van der Waals surface area contributed by atoms with Gasteiger partial charge in [0, 0.05) is 11.3 Å². The fourth-order valence-electron chi connectivity index (χ4n) is 1.87. The molecule has 0 fully saturated rings. The van der Waals surface area contributed by atoms with Crippen molar-refractivity contribution in [3.63, 3.8) is 0 Å². The molecule has 0 aliphatic carbocycles. The SMILES string of the molecule is Nc1ccccc1-c1cc(C(F)(F)F)cc(C(F)(F)F)c1. The Morgan fingerprint density at radius 2 is 1.19 bits per heavy atom. The fourth-order valence-corrected chi connectivity index (χ4v) is 1.87. The minimum absolute atomic E-state index is 0.0859. The van der Waals surface area contributed by atoms with Crippen molar-refractivity contribution in [2.75, 3.05) is 5.73 Å². The minimum atomic E-state index is -4.88. The highest BCUT2D eigenvalue weighted by atomic mass is 19.4. The van der Waals surface area contributed by atoms with Gasteiger partial charge in [-0.3, -0.25) is 0 Å². The zero-order valence-electron chi connectivity index (χ0n) is 10.4. The summed E-state index contributed by atoms with van der Waals surface area (Å²) < 4.78 is 76.5. The molecule has 2 aromatic rings. The van der Waals surface area contributed by atoms with Gasteiger partial charge in [0.2, 0.25) is 0 Å². The van der Waals surface area contributed by atoms with Crippen molar-refractivity contribution < 1.29 is 26.3 Å². The quantitative estimate of drug-likeness (QED) is 0.584. The predicted molar refractivity (Wildman–Crippen MR) is 66.3 cm³/mol. The first-order valence-electron chi connectivity index (χ1n) is 5.73. The molecular formula is C14H9F6N. The molecule has 0 bridgehead atoms. The Kier molecular flexibility index (Phi) is 3.61. The van der Waals surface area contributed by atoms with Crippen LogP contribution in [-0.2, 0) is 12.4 Å². The summed E-state index contributed by atoms with van der Waals surface area (Å²) in [7, 11) is 0. The van der Waals surface area contributed by atoms with E-state index in [1.807, 2.05) is 0 Å². The number of benzene rings is 2. The van der Waals surface area contributed by atoms with Gasteiger partial charge in [-0.2, -0.15) is 26.3 Å². The van der Waals surface area contributed by atoms with Crippen LogP contribution in [0.25, 0.3) is 11.1 Å². The molecule has 0 spiro atoms. The third-order valence-corrected chi connectivity index (χ3v) is 2.86. The smallest absolute Gasteiger partial charge is 0.398 e. The van der Waals surface area contributed by atoms with Gasteiger partial charge in [-0.15, -0.1) is 0 Å². The molecule has 2 rings (SSSR count). The second-order valence-corrected chi connectivity index (χ2v) is 4.38. The minimum Gasteiger partial charge on any atom is -0.398 e. The van der Waals surface area contributed by atoms with Crippen LogP contribution in [0, 0.1) is 0 Å². The molecule has 0 heterocycles. The lowest BCUT2D eigenvalue weighted by molar-refractivity contribution is -0.143. The summed E-state index contributed by atoms with van der Waals surface area (Å²) in [6.07, 6.45) is -9.75. The number of anilines is 1. The summed E-state index contributed by atoms with van der Waals surface area (Å²) in [6, 6.07) is 7.19. The topological polar surface area (TPSA) is 26.0 Å². The average Bonchev–Trinajstić information content (AvgIpc) is 2.36. The maximum Gasteiger partial charge on any atom is 0.416 e. The molecule has 0 radical (unpaired) electrons. The highest BCUT2D eigenvalue weighted by Crippen LogP contribution is 2.39. The number of alkyl halides is 6. The van der Waals surface area contributed by atoms with E-state index in [1.54, 1.807) is 0 Å². The van der Waals surface area contributed by atoms with Gasteiger partial charge < -0.3 is 5.73 Å². The van der Waals surface area contributed by atoms with E-state index in [0.29, 0.717) is 12.1 Å². The summed E-state index contributed by atoms with van der Waals surface area (Å²) in [6.45, 7) is 0. The number of rotatable bonds is 1. The summed E-state index contributed by atoms with van der Waals surface area (Å²) in [5.74, 6) is 0. The third-order valence-electron chi connectivity index (χ3n) is 2.86. The Hall–Kier alpha value is -2.18. The van der Waals surface area contributed by atoms with Crippen molar-refractivity contribution in [2.45, 2.75) is 12.4 Å². The molecule has 2 N–H and O–H groups in total. The van der Waals surface area contributed by atoms with E-state index in [-0.39, 0.29) is 22.9 Å². The van der Waals surface area contributed by atoms with Crippen LogP contribution in [0.5, 0.6) is 0 Å². The molecule has 0 saturated heterocycles. The van der Waals surface area contributed by atoms with E-state index in [0.717, 1.165) is 0 Å². The van der Waals surface area contributed by atoms with E-state index < -0.39 is 23.5 Å². The van der Waals surface area contributed by atoms with Crippen molar-refractivity contribution >= 4 is 5.69 Å². The van der Waals surface area contributed by atoms with Gasteiger partial charge in [0.05, 0.1) is 11.1 Å². The molecule has 0 aliphatic rings. The first kappa shape index (κ1) is 15.2. The standard InChI is InChI=1S/C14H9F6N/c15-13(16,17)9-5-8(6-10(7-9)14(18,19)20)11-3-1-2-4-12(11)21/h1-7H,21H2. The van der Waals surface area contributed by atoms with Crippen LogP contribution in [0.15, 0.2) is 42.5 Å². The van der Waals surface area contributed by atoms with Crippen LogP contribution >= 0.6 is 0 Å². The average molecular weight is 305 g/mol. The Morgan fingerprint density at radius 3 is 1.62 bits per heavy atom. The summed E-state index contributed by atoms with van der Waals surface area (Å²) in [4.78, 5) is 0. The van der Waals surface area contributed by atoms with Gasteiger partial charge in [-0.05, 0) is 29.8 Å². The van der Waals surface area contributed by atoms with Gasteiger partial charge >= 0.3 is 12.4 Å². The predicted octanol–water partition coefficient (Wildman–Crippen LogP) is 4.97. The van der Waals surface area contributed by atoms with E-state index in [1.165, 1.54) is 24.3 Å². The van der Waals surface area contributed by atoms with Crippen molar-refractivity contribution in [3.8, 4) is 11.1 Å². The normalized spacial score (nSPS) is 12.5. The molecule has 0 saturated carbocycles. The summed E-state index contributed by atoms with van der Waals surface area (Å²) in [5.41, 5.74) is 2.87. The van der Waals surface area contributed by atoms with Gasteiger partial charge in [-0.25, -0.2) is 0 Å². The Morgan fingerprint density at radius 1 is 0.714 bits per heavy atom. The zero-order chi connectivity index (χ0) is 15.8. The second-order valence-electron chi connectivity index (χ2n) is 4.38. The van der Waals surface area contributed by atoms with Crippen LogP contribution in [0.3, 0.4) is 0 Å². The molecule has 0 aliphatic heterocycles. The molecule has 0 atom stereocenters. The first-order chi connectivity index (χ1) is 9.59. The highest BCUT2D eigenvalue weighted by molar-refractivity contribution is 5.77. The van der Waals surface area contributed by atoms with Gasteiger partial charge in [0.15, 0.2) is 0 Å². The number of para-hydroxylation sites is 1. The van der Waals surface area contributed by atoms with E-state index >= 15 is 0 Å². The summed E-state index contributed by atoms with van der Waals surface area (Å²) >= 11 is 0. The molecule has 21 heavy (non-hydrogen) atoms. The van der Waals surface area contributed by atoms with Crippen LogP contribution in [-0.4, -0.2) is 0 Å². The van der Waals surface area contributed by atoms with Crippen molar-refractivity contribution in [1.82, 2.24) is 0 Å². The zero-order valence-corrected chi connectivity index (χ0v) is 10.4. The van der Waals surface area contributed by atoms with E-state index in [4.69, 9.17) is 5.73 Å². The lowest BCUT2D eigenvalue weighted by Gasteiger charge is -2.15. The molecule has 112 valence electrons. The van der Waals surface area contributed by atoms with Crippen LogP contribution < -0.4 is 5.73 Å². The van der Waals surface area contributed by atoms with Gasteiger partial charge in [0.1, 0.15) is 0 Å². The number of nitrogen functional groups attached to an aromatic ring is 1. The van der Waals surface area contributed by atoms with Crippen LogP contribution in [0.2, 0.25) is 0 Å². The van der Waals surface area contributed by atoms with Crippen molar-refractivity contribution in [2.24, 2.45) is 0 Å². The van der Waals surface area contributed by atoms with Crippen molar-refractivity contribution in [1.29, 1.82) is 0 Å². The number of halogens is 6. The van der Waals surface area contributed by atoms with E-state index in [9.17, 15) is 26.3 Å². The Labute approximate surface area is 116 Å². The van der Waals surface area contributed by atoms with Gasteiger partial charge in [-0.1, -0.05) is 18.2 Å². The number of nitrogens with two attached hydrogens (primary N) is 1. The third kappa shape index (κ3) is 3.29. The van der Waals surface area contributed by atoms with Gasteiger partial charge in [0.25, 0.3) is 0 Å². The first-order valence-corrected chi connectivity index (χ1v) is 5.73. The molecule has 0 amide bonds. The molecule has 0 aromatic heterocycles. The summed E-state index contributed by atoms with van der Waals surface area (Å²) in [5, 5.41) is 0. The molecule has 2 aromatic carbocycles. The molecular weight excluding hydrogens is 296 g/mol. The maximum absolute atomic E-state index is 12.8. The van der Waals surface area contributed by atoms with Crippen LogP contribution in [0.4, 0.5) is 32.0 Å². The Balaban J connectivity index is 2.70. The fraction of sp³-hybridized carbons (Fsp3) is 0.143. The number of hydrogen-bond acceptors (Lipinski definition) is 1. The van der Waals surface area contributed by atoms with E-state index in [2.05, 4.69) is 0 Å². The molecule has 0 unspecified atom stereocenters. The molecule has 7 heteroatoms. The lowest BCUT2D eigenvalue weighted by Crippen LogP contribution is -2.11. The number of hydrogen-bond donors (Lipinski definition) is 1. The molecule has 1 nitrogen and oxygen atoms in total. The lowest BCUT2D eigenvalue weighted by atomic mass is 9.98. The van der Waals surface area contributed by atoms with Crippen LogP contribution in [0.1, 0.15) is 11.1 Å². The van der Waals surface area contributed by atoms with Crippen molar-refractivity contribution in [3.05, 3.63) is 53.6 Å². The Bertz CT molecular complexity index is 625. The largest absolute Gasteiger partial charge is 0.416 e. The second kappa shape index (κ2) is 4.98. The maximum atomic E-state index is 12.8. The highest BCUT2D eigenvalue weighted by Gasteiger charge is 2.37. The monoisotopic (exact) mass is 305 g/mol.